The molecule has 1 atom stereocenters. The SMILES string of the molecule is CCCCOCCOc1ccc(-c2ccc3c(c2)/C=C(/C(=O)Nc2ccc(S(=O)Cc4nccn4CCC)cc2)CCCN3CCC)cc1. The van der Waals surface area contributed by atoms with Gasteiger partial charge in [0.05, 0.1) is 23.2 Å². The third-order valence-corrected chi connectivity index (χ3v) is 9.90. The van der Waals surface area contributed by atoms with Gasteiger partial charge in [0.2, 0.25) is 0 Å². The summed E-state index contributed by atoms with van der Waals surface area (Å²) < 4.78 is 26.6. The minimum absolute atomic E-state index is 0.115. The highest BCUT2D eigenvalue weighted by Crippen LogP contribution is 2.33. The molecule has 0 saturated heterocycles. The van der Waals surface area contributed by atoms with E-state index < -0.39 is 10.8 Å². The summed E-state index contributed by atoms with van der Waals surface area (Å²) in [4.78, 5) is 21.2. The molecule has 0 spiro atoms. The Labute approximate surface area is 294 Å². The largest absolute Gasteiger partial charge is 0.491 e. The maximum Gasteiger partial charge on any atom is 0.251 e. The number of anilines is 2. The molecule has 260 valence electrons. The first kappa shape index (κ1) is 36.1. The lowest BCUT2D eigenvalue weighted by Gasteiger charge is -2.29. The number of aromatic nitrogens is 2. The summed E-state index contributed by atoms with van der Waals surface area (Å²) in [5, 5.41) is 3.09. The van der Waals surface area contributed by atoms with Crippen molar-refractivity contribution in [3.63, 3.8) is 0 Å². The molecule has 49 heavy (non-hydrogen) atoms. The number of nitrogens with one attached hydrogen (secondary N) is 1. The van der Waals surface area contributed by atoms with Gasteiger partial charge in [-0.15, -0.1) is 0 Å². The third-order valence-electron chi connectivity index (χ3n) is 8.59. The number of ether oxygens (including phenoxy) is 2. The first-order valence-electron chi connectivity index (χ1n) is 17.7. The van der Waals surface area contributed by atoms with Crippen molar-refractivity contribution in [2.24, 2.45) is 0 Å². The van der Waals surface area contributed by atoms with Gasteiger partial charge in [-0.1, -0.05) is 45.4 Å². The van der Waals surface area contributed by atoms with Gasteiger partial charge in [0.1, 0.15) is 18.2 Å². The van der Waals surface area contributed by atoms with E-state index in [-0.39, 0.29) is 5.91 Å². The standard InChI is InChI=1S/C40H50N4O4S/c1-4-7-25-47-26-27-48-36-15-10-31(11-16-36)32-12-19-38-34(28-32)29-33(9-8-23-43(38)21-5-2)40(45)42-35-13-17-37(18-14-35)49(46)30-39-41-20-24-44(39)22-6-3/h10-20,24,28-29H,4-9,21-23,25-27,30H2,1-3H3,(H,42,45)/b33-29+. The highest BCUT2D eigenvalue weighted by molar-refractivity contribution is 7.84. The van der Waals surface area contributed by atoms with Crippen LogP contribution < -0.4 is 15.0 Å². The first-order chi connectivity index (χ1) is 24.0. The fourth-order valence-electron chi connectivity index (χ4n) is 6.00. The Morgan fingerprint density at radius 1 is 0.898 bits per heavy atom. The van der Waals surface area contributed by atoms with Crippen LogP contribution in [0.2, 0.25) is 0 Å². The minimum atomic E-state index is -1.23. The zero-order chi connectivity index (χ0) is 34.4. The van der Waals surface area contributed by atoms with Crippen LogP contribution in [0.5, 0.6) is 5.75 Å². The molecule has 0 bridgehead atoms. The number of carbonyl (C=O) groups is 1. The van der Waals surface area contributed by atoms with Crippen LogP contribution >= 0.6 is 0 Å². The van der Waals surface area contributed by atoms with Crippen molar-refractivity contribution in [2.75, 3.05) is 43.1 Å². The topological polar surface area (TPSA) is 85.7 Å². The van der Waals surface area contributed by atoms with Gasteiger partial charge < -0.3 is 24.3 Å². The van der Waals surface area contributed by atoms with Gasteiger partial charge in [-0.3, -0.25) is 9.00 Å². The molecule has 0 saturated carbocycles. The Morgan fingerprint density at radius 3 is 2.43 bits per heavy atom. The van der Waals surface area contributed by atoms with Gasteiger partial charge in [0, 0.05) is 60.5 Å². The zero-order valence-corrected chi connectivity index (χ0v) is 30.0. The highest BCUT2D eigenvalue weighted by Gasteiger charge is 2.19. The van der Waals surface area contributed by atoms with Gasteiger partial charge in [-0.05, 0) is 103 Å². The lowest BCUT2D eigenvalue weighted by atomic mass is 9.96. The average Bonchev–Trinajstić information content (AvgIpc) is 3.54. The summed E-state index contributed by atoms with van der Waals surface area (Å²) >= 11 is 0. The van der Waals surface area contributed by atoms with E-state index in [9.17, 15) is 9.00 Å². The van der Waals surface area contributed by atoms with Crippen molar-refractivity contribution < 1.29 is 18.5 Å². The first-order valence-corrected chi connectivity index (χ1v) is 19.0. The van der Waals surface area contributed by atoms with Crippen LogP contribution in [0, 0.1) is 0 Å². The summed E-state index contributed by atoms with van der Waals surface area (Å²) in [6, 6.07) is 22.0. The summed E-state index contributed by atoms with van der Waals surface area (Å²) in [5.74, 6) is 1.88. The van der Waals surface area contributed by atoms with Crippen molar-refractivity contribution in [1.82, 2.24) is 9.55 Å². The molecule has 0 fully saturated rings. The quantitative estimate of drug-likeness (QED) is 0.113. The Kier molecular flexibility index (Phi) is 13.6. The van der Waals surface area contributed by atoms with E-state index in [1.807, 2.05) is 48.7 Å². The second-order valence-corrected chi connectivity index (χ2v) is 13.8. The zero-order valence-electron chi connectivity index (χ0n) is 29.2. The smallest absolute Gasteiger partial charge is 0.251 e. The molecule has 5 rings (SSSR count). The fourth-order valence-corrected chi connectivity index (χ4v) is 7.08. The van der Waals surface area contributed by atoms with Crippen LogP contribution in [0.4, 0.5) is 11.4 Å². The van der Waals surface area contributed by atoms with E-state index in [0.29, 0.717) is 36.0 Å². The molecular formula is C40H50N4O4S. The maximum absolute atomic E-state index is 13.6. The molecule has 4 aromatic rings. The lowest BCUT2D eigenvalue weighted by Crippen LogP contribution is -2.28. The number of aryl methyl sites for hydroxylation is 1. The van der Waals surface area contributed by atoms with E-state index >= 15 is 0 Å². The lowest BCUT2D eigenvalue weighted by molar-refractivity contribution is -0.112. The Hall–Kier alpha value is -4.21. The van der Waals surface area contributed by atoms with Crippen LogP contribution in [0.25, 0.3) is 17.2 Å². The number of nitrogens with zero attached hydrogens (tertiary/aromatic N) is 3. The number of amides is 1. The predicted molar refractivity (Wildman–Crippen MR) is 201 cm³/mol. The van der Waals surface area contributed by atoms with E-state index in [2.05, 4.69) is 70.9 Å². The maximum atomic E-state index is 13.6. The van der Waals surface area contributed by atoms with E-state index in [1.165, 1.54) is 0 Å². The second kappa shape index (κ2) is 18.5. The van der Waals surface area contributed by atoms with Crippen LogP contribution in [0.1, 0.15) is 70.7 Å². The summed E-state index contributed by atoms with van der Waals surface area (Å²) in [6.07, 6.45) is 11.5. The van der Waals surface area contributed by atoms with Crippen molar-refractivity contribution in [1.29, 1.82) is 0 Å². The summed E-state index contributed by atoms with van der Waals surface area (Å²) in [7, 11) is -1.23. The van der Waals surface area contributed by atoms with Crippen molar-refractivity contribution in [3.8, 4) is 16.9 Å². The highest BCUT2D eigenvalue weighted by atomic mass is 32.2. The molecule has 1 N–H and O–H groups in total. The van der Waals surface area contributed by atoms with Crippen molar-refractivity contribution in [2.45, 2.75) is 76.5 Å². The van der Waals surface area contributed by atoms with Gasteiger partial charge in [0.15, 0.2) is 0 Å². The Morgan fingerprint density at radius 2 is 1.67 bits per heavy atom. The molecule has 1 amide bonds. The second-order valence-electron chi connectivity index (χ2n) is 12.4. The molecule has 3 aromatic carbocycles. The molecule has 1 unspecified atom stereocenters. The van der Waals surface area contributed by atoms with Crippen LogP contribution in [-0.2, 0) is 32.6 Å². The van der Waals surface area contributed by atoms with E-state index in [0.717, 1.165) is 97.9 Å². The van der Waals surface area contributed by atoms with Crippen LogP contribution in [0.15, 0.2) is 89.6 Å². The number of imidazole rings is 1. The molecule has 0 radical (unpaired) electrons. The average molecular weight is 683 g/mol. The van der Waals surface area contributed by atoms with E-state index in [1.54, 1.807) is 6.20 Å². The monoisotopic (exact) mass is 682 g/mol. The molecule has 1 aliphatic heterocycles. The molecule has 2 heterocycles. The normalized spacial score (nSPS) is 14.7. The van der Waals surface area contributed by atoms with Crippen LogP contribution in [-0.4, -0.2) is 52.6 Å². The number of hydrogen-bond acceptors (Lipinski definition) is 6. The minimum Gasteiger partial charge on any atom is -0.491 e. The molecule has 8 nitrogen and oxygen atoms in total. The number of fused-ring (bicyclic) bond motifs is 1. The molecule has 1 aliphatic rings. The van der Waals surface area contributed by atoms with E-state index in [4.69, 9.17) is 9.47 Å². The van der Waals surface area contributed by atoms with Crippen LogP contribution in [0.3, 0.4) is 0 Å². The van der Waals surface area contributed by atoms with Gasteiger partial charge in [-0.2, -0.15) is 0 Å². The molecule has 0 aliphatic carbocycles. The number of rotatable bonds is 17. The Balaban J connectivity index is 1.28. The van der Waals surface area contributed by atoms with Crippen molar-refractivity contribution >= 4 is 34.2 Å². The molecule has 9 heteroatoms. The van der Waals surface area contributed by atoms with Gasteiger partial charge in [-0.25, -0.2) is 4.98 Å². The number of unbranched alkanes of at least 4 members (excludes halogenated alkanes) is 1. The molecule has 1 aromatic heterocycles. The van der Waals surface area contributed by atoms with Crippen molar-refractivity contribution in [3.05, 3.63) is 96.1 Å². The Bertz CT molecular complexity index is 1700. The number of hydrogen-bond donors (Lipinski definition) is 1. The number of benzene rings is 3. The molecular weight excluding hydrogens is 633 g/mol. The fraction of sp³-hybridized carbons (Fsp3) is 0.400. The summed E-state index contributed by atoms with van der Waals surface area (Å²) in [5.41, 5.74) is 5.77. The van der Waals surface area contributed by atoms with Gasteiger partial charge >= 0.3 is 0 Å². The number of carbonyl (C=O) groups excluding carboxylic acids is 1. The summed E-state index contributed by atoms with van der Waals surface area (Å²) in [6.45, 7) is 11.1. The predicted octanol–water partition coefficient (Wildman–Crippen LogP) is 8.50. The third kappa shape index (κ3) is 10.2. The van der Waals surface area contributed by atoms with Gasteiger partial charge in [0.25, 0.3) is 5.91 Å².